The molecule has 8 heteroatoms. The number of fused-ring (bicyclic) bond motifs is 1. The topological polar surface area (TPSA) is 91.8 Å². The van der Waals surface area contributed by atoms with Crippen molar-refractivity contribution in [3.63, 3.8) is 0 Å². The van der Waals surface area contributed by atoms with Crippen molar-refractivity contribution >= 4 is 22.6 Å². The fourth-order valence-electron chi connectivity index (χ4n) is 2.71. The number of hydrogen-bond acceptors (Lipinski definition) is 7. The van der Waals surface area contributed by atoms with E-state index in [1.165, 1.54) is 21.3 Å². The molecule has 1 amide bonds. The molecule has 0 atom stereocenters. The van der Waals surface area contributed by atoms with Crippen LogP contribution in [0.1, 0.15) is 17.4 Å². The Morgan fingerprint density at radius 2 is 1.57 bits per heavy atom. The average Bonchev–Trinajstić information content (AvgIpc) is 2.72. The van der Waals surface area contributed by atoms with Gasteiger partial charge in [0.1, 0.15) is 0 Å². The molecule has 3 aromatic rings. The normalized spacial score (nSPS) is 10.4. The van der Waals surface area contributed by atoms with Gasteiger partial charge >= 0.3 is 0 Å². The maximum absolute atomic E-state index is 12.9. The van der Waals surface area contributed by atoms with Crippen molar-refractivity contribution in [3.8, 4) is 23.1 Å². The van der Waals surface area contributed by atoms with Gasteiger partial charge in [0.15, 0.2) is 17.2 Å². The number of carbonyl (C=O) groups is 1. The van der Waals surface area contributed by atoms with E-state index in [9.17, 15) is 4.79 Å². The molecule has 1 heterocycles. The summed E-state index contributed by atoms with van der Waals surface area (Å²) in [5.74, 6) is 0.990. The zero-order chi connectivity index (χ0) is 20.1. The van der Waals surface area contributed by atoms with Crippen LogP contribution in [0, 0.1) is 0 Å². The Morgan fingerprint density at radius 1 is 0.964 bits per heavy atom. The van der Waals surface area contributed by atoms with Crippen LogP contribution in [0.15, 0.2) is 36.4 Å². The van der Waals surface area contributed by atoms with Gasteiger partial charge in [-0.2, -0.15) is 0 Å². The number of nitrogens with one attached hydrogen (secondary N) is 1. The van der Waals surface area contributed by atoms with Crippen LogP contribution < -0.4 is 24.3 Å². The molecule has 0 fully saturated rings. The molecule has 146 valence electrons. The summed E-state index contributed by atoms with van der Waals surface area (Å²) >= 11 is 0. The third-order valence-corrected chi connectivity index (χ3v) is 3.96. The van der Waals surface area contributed by atoms with E-state index in [1.807, 2.05) is 25.1 Å². The summed E-state index contributed by atoms with van der Waals surface area (Å²) in [6.45, 7) is 2.18. The molecule has 0 aliphatic heterocycles. The van der Waals surface area contributed by atoms with Crippen LogP contribution >= 0.6 is 0 Å². The van der Waals surface area contributed by atoms with Crippen molar-refractivity contribution in [1.29, 1.82) is 0 Å². The molecule has 0 radical (unpaired) electrons. The van der Waals surface area contributed by atoms with Gasteiger partial charge in [0.2, 0.25) is 11.6 Å². The number of para-hydroxylation sites is 2. The van der Waals surface area contributed by atoms with E-state index in [0.29, 0.717) is 40.6 Å². The summed E-state index contributed by atoms with van der Waals surface area (Å²) in [6.07, 6.45) is 0. The molecule has 1 N–H and O–H groups in total. The third kappa shape index (κ3) is 3.75. The van der Waals surface area contributed by atoms with Crippen molar-refractivity contribution in [2.45, 2.75) is 6.92 Å². The fourth-order valence-corrected chi connectivity index (χ4v) is 2.71. The van der Waals surface area contributed by atoms with Gasteiger partial charge in [-0.05, 0) is 19.1 Å². The van der Waals surface area contributed by atoms with Gasteiger partial charge in [-0.15, -0.1) is 0 Å². The van der Waals surface area contributed by atoms with Crippen LogP contribution in [0.2, 0.25) is 0 Å². The van der Waals surface area contributed by atoms with Crippen molar-refractivity contribution in [2.75, 3.05) is 33.3 Å². The van der Waals surface area contributed by atoms with Crippen molar-refractivity contribution in [1.82, 2.24) is 9.97 Å². The second-order valence-electron chi connectivity index (χ2n) is 5.67. The number of carbonyl (C=O) groups excluding carboxylic acids is 1. The number of methoxy groups -OCH3 is 3. The molecule has 8 nitrogen and oxygen atoms in total. The van der Waals surface area contributed by atoms with E-state index < -0.39 is 5.91 Å². The van der Waals surface area contributed by atoms with Crippen LogP contribution in [0.3, 0.4) is 0 Å². The number of nitrogens with zero attached hydrogens (tertiary/aromatic N) is 2. The van der Waals surface area contributed by atoms with Crippen LogP contribution in [0.5, 0.6) is 23.1 Å². The molecule has 0 saturated heterocycles. The summed E-state index contributed by atoms with van der Waals surface area (Å²) < 4.78 is 21.5. The second kappa shape index (κ2) is 8.43. The van der Waals surface area contributed by atoms with Gasteiger partial charge in [-0.3, -0.25) is 4.79 Å². The van der Waals surface area contributed by atoms with Gasteiger partial charge < -0.3 is 24.3 Å². The Hall–Kier alpha value is -3.55. The predicted octanol–water partition coefficient (Wildman–Crippen LogP) is 3.31. The highest BCUT2D eigenvalue weighted by Gasteiger charge is 2.20. The first-order valence-electron chi connectivity index (χ1n) is 8.62. The number of amides is 1. The summed E-state index contributed by atoms with van der Waals surface area (Å²) in [4.78, 5) is 21.7. The smallest absolute Gasteiger partial charge is 0.279 e. The summed E-state index contributed by atoms with van der Waals surface area (Å²) in [5, 5.41) is 2.79. The lowest BCUT2D eigenvalue weighted by Gasteiger charge is -2.15. The monoisotopic (exact) mass is 383 g/mol. The average molecular weight is 383 g/mol. The van der Waals surface area contributed by atoms with Crippen molar-refractivity contribution in [2.24, 2.45) is 0 Å². The Balaban J connectivity index is 2.00. The van der Waals surface area contributed by atoms with Gasteiger partial charge in [-0.1, -0.05) is 12.1 Å². The highest BCUT2D eigenvalue weighted by atomic mass is 16.5. The minimum Gasteiger partial charge on any atom is -0.493 e. The Bertz CT molecular complexity index is 981. The molecule has 1 aromatic heterocycles. The van der Waals surface area contributed by atoms with Gasteiger partial charge in [0.25, 0.3) is 5.91 Å². The van der Waals surface area contributed by atoms with Crippen LogP contribution in [-0.4, -0.2) is 43.8 Å². The highest BCUT2D eigenvalue weighted by molar-refractivity contribution is 6.05. The van der Waals surface area contributed by atoms with Gasteiger partial charge in [0.05, 0.1) is 39.0 Å². The minimum absolute atomic E-state index is 0.0919. The molecule has 0 aliphatic carbocycles. The fraction of sp³-hybridized carbons (Fsp3) is 0.250. The number of anilines is 1. The number of hydrogen-bond donors (Lipinski definition) is 1. The summed E-state index contributed by atoms with van der Waals surface area (Å²) in [7, 11) is 4.52. The standard InChI is InChI=1S/C20H21N3O5/c1-5-28-20-17(22-13-8-6-7-9-14(13)23-20)19(24)21-12-10-15(25-2)18(27-4)16(11-12)26-3/h6-11H,5H2,1-4H3,(H,21,24). The van der Waals surface area contributed by atoms with Gasteiger partial charge in [-0.25, -0.2) is 9.97 Å². The van der Waals surface area contributed by atoms with E-state index in [2.05, 4.69) is 15.3 Å². The van der Waals surface area contributed by atoms with E-state index >= 15 is 0 Å². The maximum Gasteiger partial charge on any atom is 0.279 e. The zero-order valence-corrected chi connectivity index (χ0v) is 16.1. The second-order valence-corrected chi connectivity index (χ2v) is 5.67. The summed E-state index contributed by atoms with van der Waals surface area (Å²) in [6, 6.07) is 10.5. The van der Waals surface area contributed by atoms with Crippen LogP contribution in [0.4, 0.5) is 5.69 Å². The molecule has 2 aromatic carbocycles. The maximum atomic E-state index is 12.9. The van der Waals surface area contributed by atoms with Crippen LogP contribution in [-0.2, 0) is 0 Å². The molecule has 0 saturated carbocycles. The van der Waals surface area contributed by atoms with E-state index in [0.717, 1.165) is 0 Å². The molecule has 0 unspecified atom stereocenters. The Kier molecular flexibility index (Phi) is 5.78. The number of ether oxygens (including phenoxy) is 4. The molecule has 0 bridgehead atoms. The highest BCUT2D eigenvalue weighted by Crippen LogP contribution is 2.40. The lowest BCUT2D eigenvalue weighted by molar-refractivity contribution is 0.101. The Morgan fingerprint density at radius 3 is 2.11 bits per heavy atom. The molecule has 3 rings (SSSR count). The number of aromatic nitrogens is 2. The van der Waals surface area contributed by atoms with Crippen LogP contribution in [0.25, 0.3) is 11.0 Å². The van der Waals surface area contributed by atoms with Gasteiger partial charge in [0, 0.05) is 17.8 Å². The Labute approximate surface area is 162 Å². The minimum atomic E-state index is -0.462. The molecular weight excluding hydrogens is 362 g/mol. The number of rotatable bonds is 7. The third-order valence-electron chi connectivity index (χ3n) is 3.96. The zero-order valence-electron chi connectivity index (χ0n) is 16.1. The first-order chi connectivity index (χ1) is 13.6. The van der Waals surface area contributed by atoms with Crippen molar-refractivity contribution in [3.05, 3.63) is 42.1 Å². The predicted molar refractivity (Wildman–Crippen MR) is 105 cm³/mol. The SMILES string of the molecule is CCOc1nc2ccccc2nc1C(=O)Nc1cc(OC)c(OC)c(OC)c1. The largest absolute Gasteiger partial charge is 0.493 e. The van der Waals surface area contributed by atoms with Crippen molar-refractivity contribution < 1.29 is 23.7 Å². The van der Waals surface area contributed by atoms with E-state index in [-0.39, 0.29) is 11.6 Å². The first kappa shape index (κ1) is 19.2. The lowest BCUT2D eigenvalue weighted by Crippen LogP contribution is -2.17. The molecule has 0 aliphatic rings. The molecular formula is C20H21N3O5. The van der Waals surface area contributed by atoms with E-state index in [4.69, 9.17) is 18.9 Å². The summed E-state index contributed by atoms with van der Waals surface area (Å²) in [5.41, 5.74) is 1.79. The lowest BCUT2D eigenvalue weighted by atomic mass is 10.2. The first-order valence-corrected chi connectivity index (χ1v) is 8.62. The molecule has 0 spiro atoms. The van der Waals surface area contributed by atoms with E-state index in [1.54, 1.807) is 18.2 Å². The number of benzene rings is 2. The molecule has 28 heavy (non-hydrogen) atoms. The quantitative estimate of drug-likeness (QED) is 0.669.